The van der Waals surface area contributed by atoms with Crippen LogP contribution in [-0.2, 0) is 6.54 Å². The zero-order chi connectivity index (χ0) is 12.4. The van der Waals surface area contributed by atoms with Crippen LogP contribution in [-0.4, -0.2) is 9.97 Å². The van der Waals surface area contributed by atoms with Crippen molar-refractivity contribution in [3.05, 3.63) is 59.5 Å². The molecule has 0 saturated carbocycles. The maximum atomic E-state index is 6.13. The Balaban J connectivity index is 1.94. The number of aromatic nitrogens is 2. The van der Waals surface area contributed by atoms with E-state index in [9.17, 15) is 0 Å². The minimum atomic E-state index is 0.677. The van der Waals surface area contributed by atoms with E-state index in [4.69, 9.17) is 11.6 Å². The fourth-order valence-corrected chi connectivity index (χ4v) is 2.17. The first-order valence-electron chi connectivity index (χ1n) is 5.74. The van der Waals surface area contributed by atoms with Crippen molar-refractivity contribution in [1.29, 1.82) is 0 Å². The maximum Gasteiger partial charge on any atom is 0.0908 e. The average molecular weight is 258 g/mol. The molecule has 0 aliphatic carbocycles. The van der Waals surface area contributed by atoms with E-state index in [-0.39, 0.29) is 0 Å². The van der Waals surface area contributed by atoms with Crippen LogP contribution in [0.1, 0.15) is 5.69 Å². The lowest BCUT2D eigenvalue weighted by Crippen LogP contribution is -2.00. The third kappa shape index (κ3) is 2.05. The summed E-state index contributed by atoms with van der Waals surface area (Å²) in [5.74, 6) is 0. The smallest absolute Gasteiger partial charge is 0.0908 e. The summed E-state index contributed by atoms with van der Waals surface area (Å²) >= 11 is 6.13. The molecule has 90 valence electrons. The van der Waals surface area contributed by atoms with Crippen LogP contribution in [0.4, 0.5) is 5.69 Å². The summed E-state index contributed by atoms with van der Waals surface area (Å²) in [5.41, 5.74) is 3.01. The van der Waals surface area contributed by atoms with E-state index in [1.54, 1.807) is 6.20 Å². The van der Waals surface area contributed by atoms with Crippen molar-refractivity contribution in [2.45, 2.75) is 6.54 Å². The molecule has 3 rings (SSSR count). The monoisotopic (exact) mass is 257 g/mol. The van der Waals surface area contributed by atoms with E-state index in [0.29, 0.717) is 5.02 Å². The van der Waals surface area contributed by atoms with Crippen molar-refractivity contribution < 1.29 is 0 Å². The van der Waals surface area contributed by atoms with Gasteiger partial charge < -0.3 is 10.3 Å². The number of nitrogens with one attached hydrogen (secondary N) is 2. The van der Waals surface area contributed by atoms with Crippen LogP contribution in [0, 0.1) is 0 Å². The van der Waals surface area contributed by atoms with Gasteiger partial charge in [-0.15, -0.1) is 0 Å². The maximum absolute atomic E-state index is 6.13. The minimum absolute atomic E-state index is 0.677. The number of halogens is 1. The van der Waals surface area contributed by atoms with Gasteiger partial charge in [-0.2, -0.15) is 0 Å². The Morgan fingerprint density at radius 1 is 1.17 bits per heavy atom. The first-order valence-corrected chi connectivity index (χ1v) is 6.12. The normalized spacial score (nSPS) is 10.7. The van der Waals surface area contributed by atoms with Crippen molar-refractivity contribution in [3.63, 3.8) is 0 Å². The quantitative estimate of drug-likeness (QED) is 0.749. The lowest BCUT2D eigenvalue weighted by molar-refractivity contribution is 1.08. The third-order valence-electron chi connectivity index (χ3n) is 2.85. The van der Waals surface area contributed by atoms with Crippen LogP contribution < -0.4 is 5.32 Å². The number of nitrogens with zero attached hydrogens (tertiary/aromatic N) is 1. The molecule has 1 aromatic carbocycles. The van der Waals surface area contributed by atoms with E-state index >= 15 is 0 Å². The molecule has 0 fully saturated rings. The Morgan fingerprint density at radius 2 is 2.11 bits per heavy atom. The van der Waals surface area contributed by atoms with Gasteiger partial charge in [0, 0.05) is 29.2 Å². The van der Waals surface area contributed by atoms with Gasteiger partial charge in [-0.05, 0) is 36.4 Å². The number of benzene rings is 1. The molecule has 0 amide bonds. The molecule has 2 aromatic heterocycles. The van der Waals surface area contributed by atoms with E-state index in [2.05, 4.69) is 15.3 Å². The van der Waals surface area contributed by atoms with Crippen molar-refractivity contribution in [2.24, 2.45) is 0 Å². The number of hydrogen-bond acceptors (Lipinski definition) is 2. The SMILES string of the molecule is Clc1ccc(NCc2ccc[nH]2)c2cccnc12. The van der Waals surface area contributed by atoms with Crippen LogP contribution >= 0.6 is 11.6 Å². The van der Waals surface area contributed by atoms with E-state index in [1.165, 1.54) is 0 Å². The van der Waals surface area contributed by atoms with Crippen LogP contribution in [0.25, 0.3) is 10.9 Å². The Kier molecular flexibility index (Phi) is 2.90. The van der Waals surface area contributed by atoms with Gasteiger partial charge in [-0.1, -0.05) is 11.6 Å². The summed E-state index contributed by atoms with van der Waals surface area (Å²) < 4.78 is 0. The second kappa shape index (κ2) is 4.70. The second-order valence-electron chi connectivity index (χ2n) is 4.04. The Bertz CT molecular complexity index is 662. The van der Waals surface area contributed by atoms with Gasteiger partial charge in [-0.3, -0.25) is 4.98 Å². The van der Waals surface area contributed by atoms with Gasteiger partial charge in [0.25, 0.3) is 0 Å². The summed E-state index contributed by atoms with van der Waals surface area (Å²) in [6, 6.07) is 11.8. The highest BCUT2D eigenvalue weighted by Gasteiger charge is 2.05. The highest BCUT2D eigenvalue weighted by atomic mass is 35.5. The second-order valence-corrected chi connectivity index (χ2v) is 4.45. The zero-order valence-electron chi connectivity index (χ0n) is 9.65. The van der Waals surface area contributed by atoms with Gasteiger partial charge in [0.2, 0.25) is 0 Å². The molecule has 0 spiro atoms. The fraction of sp³-hybridized carbons (Fsp3) is 0.0714. The topological polar surface area (TPSA) is 40.7 Å². The summed E-state index contributed by atoms with van der Waals surface area (Å²) in [6.07, 6.45) is 3.67. The van der Waals surface area contributed by atoms with Crippen molar-refractivity contribution in [3.8, 4) is 0 Å². The Labute approximate surface area is 110 Å². The number of H-pyrrole nitrogens is 1. The first-order chi connectivity index (χ1) is 8.84. The summed E-state index contributed by atoms with van der Waals surface area (Å²) in [4.78, 5) is 7.47. The molecule has 0 unspecified atom stereocenters. The molecule has 0 aliphatic rings. The highest BCUT2D eigenvalue weighted by Crippen LogP contribution is 2.28. The van der Waals surface area contributed by atoms with E-state index in [0.717, 1.165) is 28.8 Å². The third-order valence-corrected chi connectivity index (χ3v) is 3.16. The summed E-state index contributed by atoms with van der Waals surface area (Å²) in [5, 5.41) is 5.10. The number of pyridine rings is 1. The zero-order valence-corrected chi connectivity index (χ0v) is 10.4. The number of anilines is 1. The van der Waals surface area contributed by atoms with Gasteiger partial charge in [0.1, 0.15) is 0 Å². The number of aromatic amines is 1. The highest BCUT2D eigenvalue weighted by molar-refractivity contribution is 6.35. The molecule has 4 heteroatoms. The lowest BCUT2D eigenvalue weighted by Gasteiger charge is -2.09. The number of fused-ring (bicyclic) bond motifs is 1. The van der Waals surface area contributed by atoms with Crippen LogP contribution in [0.2, 0.25) is 5.02 Å². The average Bonchev–Trinajstić information content (AvgIpc) is 2.92. The molecule has 2 heterocycles. The first kappa shape index (κ1) is 11.1. The fourth-order valence-electron chi connectivity index (χ4n) is 1.96. The van der Waals surface area contributed by atoms with Crippen LogP contribution in [0.3, 0.4) is 0 Å². The molecule has 3 nitrogen and oxygen atoms in total. The van der Waals surface area contributed by atoms with Crippen molar-refractivity contribution in [2.75, 3.05) is 5.32 Å². The number of hydrogen-bond donors (Lipinski definition) is 2. The molecular weight excluding hydrogens is 246 g/mol. The summed E-state index contributed by atoms with van der Waals surface area (Å²) in [6.45, 7) is 0.749. The van der Waals surface area contributed by atoms with Crippen molar-refractivity contribution in [1.82, 2.24) is 9.97 Å². The molecule has 0 radical (unpaired) electrons. The van der Waals surface area contributed by atoms with Gasteiger partial charge >= 0.3 is 0 Å². The van der Waals surface area contributed by atoms with Gasteiger partial charge in [-0.25, -0.2) is 0 Å². The Hall–Kier alpha value is -2.00. The molecular formula is C14H12ClN3. The largest absolute Gasteiger partial charge is 0.379 e. The van der Waals surface area contributed by atoms with Crippen LogP contribution in [0.15, 0.2) is 48.8 Å². The number of rotatable bonds is 3. The van der Waals surface area contributed by atoms with Gasteiger partial charge in [0.05, 0.1) is 17.1 Å². The molecule has 18 heavy (non-hydrogen) atoms. The minimum Gasteiger partial charge on any atom is -0.379 e. The molecule has 2 N–H and O–H groups in total. The predicted octanol–water partition coefficient (Wildman–Crippen LogP) is 3.83. The molecule has 3 aromatic rings. The van der Waals surface area contributed by atoms with Gasteiger partial charge in [0.15, 0.2) is 0 Å². The molecule has 0 bridgehead atoms. The van der Waals surface area contributed by atoms with E-state index in [1.807, 2.05) is 42.6 Å². The Morgan fingerprint density at radius 3 is 2.94 bits per heavy atom. The van der Waals surface area contributed by atoms with Crippen LogP contribution in [0.5, 0.6) is 0 Å². The predicted molar refractivity (Wildman–Crippen MR) is 74.9 cm³/mol. The molecule has 0 atom stereocenters. The van der Waals surface area contributed by atoms with Crippen molar-refractivity contribution >= 4 is 28.2 Å². The molecule has 0 aliphatic heterocycles. The molecule has 0 saturated heterocycles. The summed E-state index contributed by atoms with van der Waals surface area (Å²) in [7, 11) is 0. The van der Waals surface area contributed by atoms with E-state index < -0.39 is 0 Å². The standard InChI is InChI=1S/C14H12ClN3/c15-12-5-6-13(11-4-2-8-17-14(11)12)18-9-10-3-1-7-16-10/h1-8,16,18H,9H2. The lowest BCUT2D eigenvalue weighted by atomic mass is 10.2.